The zero-order chi connectivity index (χ0) is 14.6. The molecule has 1 heterocycles. The summed E-state index contributed by atoms with van der Waals surface area (Å²) in [5.41, 5.74) is 3.00. The molecule has 2 rings (SSSR count). The average Bonchev–Trinajstić information content (AvgIpc) is 2.85. The van der Waals surface area contributed by atoms with E-state index < -0.39 is 0 Å². The summed E-state index contributed by atoms with van der Waals surface area (Å²) < 4.78 is 0. The molecule has 20 heavy (non-hydrogen) atoms. The van der Waals surface area contributed by atoms with Crippen molar-refractivity contribution in [1.29, 1.82) is 0 Å². The van der Waals surface area contributed by atoms with Crippen molar-refractivity contribution in [1.82, 2.24) is 10.2 Å². The molecule has 0 amide bonds. The van der Waals surface area contributed by atoms with E-state index in [0.29, 0.717) is 0 Å². The van der Waals surface area contributed by atoms with Crippen LogP contribution in [0.2, 0.25) is 0 Å². The molecule has 0 aromatic heterocycles. The van der Waals surface area contributed by atoms with Crippen molar-refractivity contribution in [2.75, 3.05) is 13.1 Å². The van der Waals surface area contributed by atoms with Crippen LogP contribution in [0, 0.1) is 5.92 Å². The molecule has 1 aliphatic rings. The first-order valence-electron chi connectivity index (χ1n) is 8.01. The summed E-state index contributed by atoms with van der Waals surface area (Å²) in [6.07, 6.45) is 2.71. The van der Waals surface area contributed by atoms with Gasteiger partial charge in [-0.3, -0.25) is 4.90 Å². The molecule has 0 radical (unpaired) electrons. The Kier molecular flexibility index (Phi) is 5.22. The van der Waals surface area contributed by atoms with Crippen LogP contribution in [0.5, 0.6) is 0 Å². The fourth-order valence-corrected chi connectivity index (χ4v) is 2.78. The van der Waals surface area contributed by atoms with Crippen LogP contribution in [0.4, 0.5) is 0 Å². The van der Waals surface area contributed by atoms with E-state index in [0.717, 1.165) is 19.0 Å². The van der Waals surface area contributed by atoms with E-state index in [4.69, 9.17) is 0 Å². The topological polar surface area (TPSA) is 15.3 Å². The van der Waals surface area contributed by atoms with Gasteiger partial charge in [0.25, 0.3) is 0 Å². The van der Waals surface area contributed by atoms with Crippen molar-refractivity contribution in [3.8, 4) is 0 Å². The second kappa shape index (κ2) is 6.73. The Morgan fingerprint density at radius 2 is 1.80 bits per heavy atom. The molecule has 1 aromatic rings. The maximum absolute atomic E-state index is 3.53. The van der Waals surface area contributed by atoms with Gasteiger partial charge in [0.15, 0.2) is 0 Å². The molecular formula is C18H30N2. The molecular weight excluding hydrogens is 244 g/mol. The van der Waals surface area contributed by atoms with Gasteiger partial charge < -0.3 is 5.32 Å². The van der Waals surface area contributed by atoms with Crippen molar-refractivity contribution in [3.63, 3.8) is 0 Å². The first-order valence-corrected chi connectivity index (χ1v) is 8.01. The summed E-state index contributed by atoms with van der Waals surface area (Å²) in [6, 6.07) is 9.11. The van der Waals surface area contributed by atoms with Crippen LogP contribution < -0.4 is 5.32 Å². The highest BCUT2D eigenvalue weighted by Crippen LogP contribution is 2.21. The molecule has 0 spiro atoms. The predicted molar refractivity (Wildman–Crippen MR) is 86.7 cm³/mol. The quantitative estimate of drug-likeness (QED) is 0.878. The predicted octanol–water partition coefficient (Wildman–Crippen LogP) is 3.81. The average molecular weight is 274 g/mol. The highest BCUT2D eigenvalue weighted by atomic mass is 15.1. The summed E-state index contributed by atoms with van der Waals surface area (Å²) in [5.74, 6) is 0.922. The molecule has 1 unspecified atom stereocenters. The zero-order valence-corrected chi connectivity index (χ0v) is 13.6. The van der Waals surface area contributed by atoms with Gasteiger partial charge in [-0.1, -0.05) is 37.6 Å². The number of hydrogen-bond acceptors (Lipinski definition) is 2. The minimum Gasteiger partial charge on any atom is -0.308 e. The van der Waals surface area contributed by atoms with E-state index >= 15 is 0 Å². The van der Waals surface area contributed by atoms with E-state index in [1.165, 1.54) is 37.1 Å². The molecule has 1 aliphatic heterocycles. The van der Waals surface area contributed by atoms with Gasteiger partial charge >= 0.3 is 0 Å². The lowest BCUT2D eigenvalue weighted by molar-refractivity contribution is 0.315. The first kappa shape index (κ1) is 15.5. The minimum atomic E-state index is 0.184. The molecule has 1 saturated heterocycles. The number of benzene rings is 1. The molecule has 112 valence electrons. The smallest absolute Gasteiger partial charge is 0.0233 e. The van der Waals surface area contributed by atoms with Gasteiger partial charge in [-0.05, 0) is 50.8 Å². The van der Waals surface area contributed by atoms with E-state index in [1.807, 2.05) is 0 Å². The third-order valence-electron chi connectivity index (χ3n) is 4.20. The van der Waals surface area contributed by atoms with Gasteiger partial charge in [0.2, 0.25) is 0 Å². The van der Waals surface area contributed by atoms with Crippen molar-refractivity contribution in [2.45, 2.75) is 59.2 Å². The van der Waals surface area contributed by atoms with Crippen LogP contribution in [0.15, 0.2) is 24.3 Å². The Balaban J connectivity index is 1.83. The van der Waals surface area contributed by atoms with Crippen LogP contribution in [0.1, 0.15) is 51.7 Å². The van der Waals surface area contributed by atoms with Gasteiger partial charge in [0, 0.05) is 25.2 Å². The maximum Gasteiger partial charge on any atom is 0.0233 e. The van der Waals surface area contributed by atoms with Crippen molar-refractivity contribution in [2.24, 2.45) is 5.92 Å². The van der Waals surface area contributed by atoms with Crippen LogP contribution >= 0.6 is 0 Å². The number of likely N-dealkylation sites (tertiary alicyclic amines) is 1. The lowest BCUT2D eigenvalue weighted by Gasteiger charge is -2.21. The van der Waals surface area contributed by atoms with Crippen LogP contribution in [-0.2, 0) is 13.1 Å². The fraction of sp³-hybridized carbons (Fsp3) is 0.667. The standard InChI is InChI=1S/C18H30N2/c1-5-15-10-11-20(13-15)14-17-8-6-16(7-9-17)12-19-18(2,3)4/h6-9,15,19H,5,10-14H2,1-4H3. The van der Waals surface area contributed by atoms with Crippen molar-refractivity contribution in [3.05, 3.63) is 35.4 Å². The van der Waals surface area contributed by atoms with E-state index in [2.05, 4.69) is 62.2 Å². The Bertz CT molecular complexity index is 402. The zero-order valence-electron chi connectivity index (χ0n) is 13.6. The second-order valence-corrected chi connectivity index (χ2v) is 7.22. The largest absolute Gasteiger partial charge is 0.308 e. The summed E-state index contributed by atoms with van der Waals surface area (Å²) in [6.45, 7) is 13.5. The number of rotatable bonds is 5. The van der Waals surface area contributed by atoms with Crippen LogP contribution in [0.3, 0.4) is 0 Å². The lowest BCUT2D eigenvalue weighted by Crippen LogP contribution is -2.35. The third-order valence-corrected chi connectivity index (χ3v) is 4.20. The molecule has 1 aromatic carbocycles. The van der Waals surface area contributed by atoms with E-state index in [1.54, 1.807) is 0 Å². The van der Waals surface area contributed by atoms with E-state index in [-0.39, 0.29) is 5.54 Å². The van der Waals surface area contributed by atoms with Crippen molar-refractivity contribution < 1.29 is 0 Å². The van der Waals surface area contributed by atoms with Crippen molar-refractivity contribution >= 4 is 0 Å². The normalized spacial score (nSPS) is 20.5. The highest BCUT2D eigenvalue weighted by Gasteiger charge is 2.20. The van der Waals surface area contributed by atoms with Crippen LogP contribution in [0.25, 0.3) is 0 Å². The summed E-state index contributed by atoms with van der Waals surface area (Å²) >= 11 is 0. The summed E-state index contributed by atoms with van der Waals surface area (Å²) in [7, 11) is 0. The van der Waals surface area contributed by atoms with Gasteiger partial charge in [-0.15, -0.1) is 0 Å². The fourth-order valence-electron chi connectivity index (χ4n) is 2.78. The lowest BCUT2D eigenvalue weighted by atomic mass is 10.1. The molecule has 1 fully saturated rings. The highest BCUT2D eigenvalue weighted by molar-refractivity contribution is 5.22. The molecule has 1 N–H and O–H groups in total. The summed E-state index contributed by atoms with van der Waals surface area (Å²) in [5, 5.41) is 3.53. The maximum atomic E-state index is 3.53. The molecule has 2 nitrogen and oxygen atoms in total. The summed E-state index contributed by atoms with van der Waals surface area (Å²) in [4.78, 5) is 2.59. The Hall–Kier alpha value is -0.860. The number of hydrogen-bond donors (Lipinski definition) is 1. The first-order chi connectivity index (χ1) is 9.46. The minimum absolute atomic E-state index is 0.184. The van der Waals surface area contributed by atoms with E-state index in [9.17, 15) is 0 Å². The molecule has 0 aliphatic carbocycles. The number of nitrogens with zero attached hydrogens (tertiary/aromatic N) is 1. The Morgan fingerprint density at radius 3 is 2.35 bits per heavy atom. The Morgan fingerprint density at radius 1 is 1.15 bits per heavy atom. The van der Waals surface area contributed by atoms with Gasteiger partial charge in [-0.25, -0.2) is 0 Å². The Labute approximate surface area is 124 Å². The molecule has 0 saturated carbocycles. The molecule has 2 heteroatoms. The van der Waals surface area contributed by atoms with Crippen LogP contribution in [-0.4, -0.2) is 23.5 Å². The van der Waals surface area contributed by atoms with Gasteiger partial charge in [-0.2, -0.15) is 0 Å². The molecule has 1 atom stereocenters. The van der Waals surface area contributed by atoms with Gasteiger partial charge in [0.1, 0.15) is 0 Å². The number of nitrogens with one attached hydrogen (secondary N) is 1. The SMILES string of the molecule is CCC1CCN(Cc2ccc(CNC(C)(C)C)cc2)C1. The van der Waals surface area contributed by atoms with Gasteiger partial charge in [0.05, 0.1) is 0 Å². The third kappa shape index (κ3) is 4.92. The molecule has 0 bridgehead atoms. The monoisotopic (exact) mass is 274 g/mol. The second-order valence-electron chi connectivity index (χ2n) is 7.22.